The maximum atomic E-state index is 11.6. The van der Waals surface area contributed by atoms with Gasteiger partial charge in [-0.05, 0) is 0 Å². The first-order valence-electron chi connectivity index (χ1n) is 2.53. The predicted octanol–water partition coefficient (Wildman–Crippen LogP) is 2.85. The topological polar surface area (TPSA) is 0 Å². The van der Waals surface area contributed by atoms with Gasteiger partial charge in [-0.2, -0.15) is 13.2 Å². The van der Waals surface area contributed by atoms with Crippen LogP contribution in [0.2, 0.25) is 0 Å². The lowest BCUT2D eigenvalue weighted by atomic mass is 10.3. The lowest BCUT2D eigenvalue weighted by Gasteiger charge is -2.03. The molecule has 0 aliphatic rings. The average Bonchev–Trinajstić information content (AvgIpc) is 1.80. The van der Waals surface area contributed by atoms with E-state index in [1.165, 1.54) is 12.2 Å². The van der Waals surface area contributed by atoms with Crippen LogP contribution < -0.4 is 0 Å². The Hall–Kier alpha value is -0.990. The normalized spacial score (nSPS) is 11.9. The second-order valence-electron chi connectivity index (χ2n) is 1.62. The fourth-order valence-corrected chi connectivity index (χ4v) is 0.279. The molecule has 0 aliphatic heterocycles. The van der Waals surface area contributed by atoms with Crippen molar-refractivity contribution in [3.63, 3.8) is 0 Å². The maximum absolute atomic E-state index is 11.6. The van der Waals surface area contributed by atoms with Crippen molar-refractivity contribution >= 4 is 0 Å². The van der Waals surface area contributed by atoms with E-state index in [0.717, 1.165) is 6.08 Å². The Morgan fingerprint density at radius 1 is 1.30 bits per heavy atom. The number of allylic oxidation sites excluding steroid dienone is 4. The number of halogens is 3. The summed E-state index contributed by atoms with van der Waals surface area (Å²) in [5.41, 5.74) is -0.868. The van der Waals surface area contributed by atoms with Crippen molar-refractivity contribution in [2.24, 2.45) is 0 Å². The third-order valence-corrected chi connectivity index (χ3v) is 0.798. The van der Waals surface area contributed by atoms with Crippen molar-refractivity contribution in [2.45, 2.75) is 6.18 Å². The molecule has 0 saturated carbocycles. The molecule has 0 nitrogen and oxygen atoms in total. The molecule has 0 saturated heterocycles. The molecule has 0 aromatic heterocycles. The number of rotatable bonds is 2. The summed E-state index contributed by atoms with van der Waals surface area (Å²) >= 11 is 0. The van der Waals surface area contributed by atoms with Gasteiger partial charge < -0.3 is 0 Å². The molecule has 10 heavy (non-hydrogen) atoms. The Bertz CT molecular complexity index is 162. The predicted molar refractivity (Wildman–Crippen MR) is 34.5 cm³/mol. The second kappa shape index (κ2) is 3.25. The molecule has 0 fully saturated rings. The van der Waals surface area contributed by atoms with Gasteiger partial charge in [0.05, 0.1) is 0 Å². The molecule has 0 amide bonds. The van der Waals surface area contributed by atoms with Crippen LogP contribution in [0.4, 0.5) is 13.2 Å². The van der Waals surface area contributed by atoms with E-state index in [1.54, 1.807) is 0 Å². The van der Waals surface area contributed by atoms with Gasteiger partial charge in [0.1, 0.15) is 0 Å². The maximum Gasteiger partial charge on any atom is 0.415 e. The third-order valence-electron chi connectivity index (χ3n) is 0.798. The monoisotopic (exact) mass is 148 g/mol. The van der Waals surface area contributed by atoms with Crippen LogP contribution in [0.5, 0.6) is 0 Å². The van der Waals surface area contributed by atoms with Crippen LogP contribution in [0.1, 0.15) is 0 Å². The summed E-state index contributed by atoms with van der Waals surface area (Å²) in [6.45, 7) is 6.02. The average molecular weight is 148 g/mol. The van der Waals surface area contributed by atoms with Crippen molar-refractivity contribution in [1.29, 1.82) is 0 Å². The highest BCUT2D eigenvalue weighted by molar-refractivity contribution is 5.22. The molecule has 0 heterocycles. The summed E-state index contributed by atoms with van der Waals surface area (Å²) in [4.78, 5) is 0. The minimum absolute atomic E-state index is 0.868. The highest BCUT2D eigenvalue weighted by atomic mass is 19.4. The second-order valence-corrected chi connectivity index (χ2v) is 1.62. The summed E-state index contributed by atoms with van der Waals surface area (Å²) in [6, 6.07) is 0. The zero-order valence-corrected chi connectivity index (χ0v) is 5.28. The fourth-order valence-electron chi connectivity index (χ4n) is 0.279. The van der Waals surface area contributed by atoms with Crippen LogP contribution >= 0.6 is 0 Å². The number of alkyl halides is 3. The number of hydrogen-bond donors (Lipinski definition) is 0. The molecule has 0 radical (unpaired) electrons. The molecule has 0 atom stereocenters. The van der Waals surface area contributed by atoms with Crippen LogP contribution in [-0.2, 0) is 0 Å². The van der Waals surface area contributed by atoms with Gasteiger partial charge in [0.2, 0.25) is 0 Å². The fraction of sp³-hybridized carbons (Fsp3) is 0.143. The molecule has 0 bridgehead atoms. The highest BCUT2D eigenvalue weighted by Crippen LogP contribution is 2.24. The summed E-state index contributed by atoms with van der Waals surface area (Å²) in [5.74, 6) is 0. The Morgan fingerprint density at radius 2 is 1.80 bits per heavy atom. The van der Waals surface area contributed by atoms with Crippen molar-refractivity contribution < 1.29 is 13.2 Å². The van der Waals surface area contributed by atoms with Crippen molar-refractivity contribution in [1.82, 2.24) is 0 Å². The summed E-state index contributed by atoms with van der Waals surface area (Å²) in [5, 5.41) is 0. The summed E-state index contributed by atoms with van der Waals surface area (Å²) < 4.78 is 34.8. The van der Waals surface area contributed by atoms with Gasteiger partial charge in [-0.1, -0.05) is 31.4 Å². The standard InChI is InChI=1S/C7H7F3/c1-3-4-5-6(2)7(8,9)10/h3-5H,1-2H2/b5-4-. The largest absolute Gasteiger partial charge is 0.415 e. The van der Waals surface area contributed by atoms with Crippen LogP contribution in [0, 0.1) is 0 Å². The molecule has 56 valence electrons. The van der Waals surface area contributed by atoms with E-state index in [4.69, 9.17) is 0 Å². The van der Waals surface area contributed by atoms with Gasteiger partial charge >= 0.3 is 6.18 Å². The third kappa shape index (κ3) is 3.12. The zero-order valence-electron chi connectivity index (χ0n) is 5.28. The Balaban J connectivity index is 4.11. The molecule has 0 rings (SSSR count). The van der Waals surface area contributed by atoms with E-state index in [2.05, 4.69) is 13.2 Å². The van der Waals surface area contributed by atoms with Crippen LogP contribution in [0.25, 0.3) is 0 Å². The van der Waals surface area contributed by atoms with E-state index < -0.39 is 11.7 Å². The Morgan fingerprint density at radius 3 is 2.10 bits per heavy atom. The molecule has 0 unspecified atom stereocenters. The van der Waals surface area contributed by atoms with E-state index in [0.29, 0.717) is 0 Å². The molecule has 0 aliphatic carbocycles. The number of hydrogen-bond acceptors (Lipinski definition) is 0. The van der Waals surface area contributed by atoms with E-state index >= 15 is 0 Å². The van der Waals surface area contributed by atoms with Crippen molar-refractivity contribution in [3.8, 4) is 0 Å². The summed E-state index contributed by atoms with van der Waals surface area (Å²) in [7, 11) is 0. The zero-order chi connectivity index (χ0) is 8.20. The lowest BCUT2D eigenvalue weighted by Crippen LogP contribution is -2.08. The Kier molecular flexibility index (Phi) is 2.93. The van der Waals surface area contributed by atoms with Crippen LogP contribution in [-0.4, -0.2) is 6.18 Å². The lowest BCUT2D eigenvalue weighted by molar-refractivity contribution is -0.0878. The van der Waals surface area contributed by atoms with Crippen molar-refractivity contribution in [2.75, 3.05) is 0 Å². The smallest absolute Gasteiger partial charge is 0.166 e. The molecular formula is C7H7F3. The van der Waals surface area contributed by atoms with E-state index in [9.17, 15) is 13.2 Å². The van der Waals surface area contributed by atoms with Crippen LogP contribution in [0.3, 0.4) is 0 Å². The first kappa shape index (κ1) is 9.01. The molecule has 0 N–H and O–H groups in total. The molecule has 0 spiro atoms. The molecular weight excluding hydrogens is 141 g/mol. The first-order valence-corrected chi connectivity index (χ1v) is 2.53. The first-order chi connectivity index (χ1) is 4.48. The van der Waals surface area contributed by atoms with Gasteiger partial charge in [-0.15, -0.1) is 0 Å². The van der Waals surface area contributed by atoms with Gasteiger partial charge in [0.15, 0.2) is 0 Å². The SMILES string of the molecule is C=C/C=C\C(=C)C(F)(F)F. The Labute approximate surface area is 57.4 Å². The van der Waals surface area contributed by atoms with Gasteiger partial charge in [-0.25, -0.2) is 0 Å². The minimum Gasteiger partial charge on any atom is -0.166 e. The van der Waals surface area contributed by atoms with Gasteiger partial charge in [0.25, 0.3) is 0 Å². The van der Waals surface area contributed by atoms with Crippen LogP contribution in [0.15, 0.2) is 37.0 Å². The van der Waals surface area contributed by atoms with Gasteiger partial charge in [-0.3, -0.25) is 0 Å². The highest BCUT2D eigenvalue weighted by Gasteiger charge is 2.29. The van der Waals surface area contributed by atoms with E-state index in [-0.39, 0.29) is 0 Å². The van der Waals surface area contributed by atoms with Gasteiger partial charge in [0, 0.05) is 5.57 Å². The van der Waals surface area contributed by atoms with Crippen molar-refractivity contribution in [3.05, 3.63) is 37.0 Å². The summed E-state index contributed by atoms with van der Waals surface area (Å²) in [6.07, 6.45) is -1.00. The minimum atomic E-state index is -4.32. The molecule has 0 aromatic rings. The molecule has 3 heteroatoms. The molecule has 0 aromatic carbocycles. The quantitative estimate of drug-likeness (QED) is 0.528. The van der Waals surface area contributed by atoms with E-state index in [1.807, 2.05) is 0 Å².